The van der Waals surface area contributed by atoms with Crippen molar-refractivity contribution in [1.29, 1.82) is 0 Å². The Balaban J connectivity index is 0.000000637. The second-order valence-corrected chi connectivity index (χ2v) is 7.27. The van der Waals surface area contributed by atoms with Crippen LogP contribution in [-0.2, 0) is 6.54 Å². The summed E-state index contributed by atoms with van der Waals surface area (Å²) in [5.74, 6) is 0.306. The quantitative estimate of drug-likeness (QED) is 0.533. The van der Waals surface area contributed by atoms with Gasteiger partial charge >= 0.3 is 6.03 Å². The fourth-order valence-corrected chi connectivity index (χ4v) is 2.83. The summed E-state index contributed by atoms with van der Waals surface area (Å²) in [4.78, 5) is 13.1. The van der Waals surface area contributed by atoms with Crippen LogP contribution in [-0.4, -0.2) is 12.3 Å². The molecule has 1 fully saturated rings. The molecule has 2 aromatic carbocycles. The number of hydrogen-bond acceptors (Lipinski definition) is 3. The SMILES string of the molecule is C1CC1.CSc1ccc(NC(=O)NCc2oc3ccc(F)cc3c2C)cc1. The first-order valence-corrected chi connectivity index (χ1v) is 10.2. The van der Waals surface area contributed by atoms with E-state index in [1.807, 2.05) is 37.4 Å². The molecule has 2 amide bonds. The number of furan rings is 1. The van der Waals surface area contributed by atoms with E-state index in [0.717, 1.165) is 15.8 Å². The number of benzene rings is 2. The number of anilines is 1. The molecule has 0 unspecified atom stereocenters. The Morgan fingerprint density at radius 3 is 2.48 bits per heavy atom. The number of carbonyl (C=O) groups excluding carboxylic acids is 1. The van der Waals surface area contributed by atoms with Crippen LogP contribution in [0.15, 0.2) is 51.8 Å². The number of carbonyl (C=O) groups is 1. The van der Waals surface area contributed by atoms with Gasteiger partial charge in [0.1, 0.15) is 17.2 Å². The first kappa shape index (κ1) is 19.3. The minimum Gasteiger partial charge on any atom is -0.459 e. The zero-order chi connectivity index (χ0) is 19.2. The molecule has 1 aromatic heterocycles. The molecule has 1 heterocycles. The number of amides is 2. The zero-order valence-corrected chi connectivity index (χ0v) is 16.3. The van der Waals surface area contributed by atoms with Crippen LogP contribution in [0.1, 0.15) is 30.6 Å². The predicted molar refractivity (Wildman–Crippen MR) is 109 cm³/mol. The van der Waals surface area contributed by atoms with Crippen LogP contribution in [0, 0.1) is 12.7 Å². The largest absolute Gasteiger partial charge is 0.459 e. The third-order valence-electron chi connectivity index (χ3n) is 4.11. The van der Waals surface area contributed by atoms with E-state index in [0.29, 0.717) is 17.0 Å². The number of hydrogen-bond donors (Lipinski definition) is 2. The second-order valence-electron chi connectivity index (χ2n) is 6.39. The molecule has 3 aromatic rings. The van der Waals surface area contributed by atoms with Gasteiger partial charge in [-0.05, 0) is 55.6 Å². The molecule has 0 bridgehead atoms. The fraction of sp³-hybridized carbons (Fsp3) is 0.286. The highest BCUT2D eigenvalue weighted by Crippen LogP contribution is 2.26. The maximum atomic E-state index is 13.3. The number of halogens is 1. The molecule has 0 spiro atoms. The molecular formula is C21H23FN2O2S. The molecule has 2 N–H and O–H groups in total. The smallest absolute Gasteiger partial charge is 0.319 e. The Labute approximate surface area is 162 Å². The lowest BCUT2D eigenvalue weighted by molar-refractivity contribution is 0.251. The van der Waals surface area contributed by atoms with Gasteiger partial charge in [-0.2, -0.15) is 0 Å². The van der Waals surface area contributed by atoms with E-state index in [1.54, 1.807) is 17.8 Å². The van der Waals surface area contributed by atoms with Crippen LogP contribution in [0.4, 0.5) is 14.9 Å². The Morgan fingerprint density at radius 2 is 1.85 bits per heavy atom. The van der Waals surface area contributed by atoms with E-state index in [4.69, 9.17) is 4.42 Å². The maximum absolute atomic E-state index is 13.3. The van der Waals surface area contributed by atoms with Gasteiger partial charge in [0.25, 0.3) is 0 Å². The summed E-state index contributed by atoms with van der Waals surface area (Å²) >= 11 is 1.64. The molecule has 1 saturated carbocycles. The molecule has 6 heteroatoms. The number of aryl methyl sites for hydroxylation is 1. The van der Waals surface area contributed by atoms with Gasteiger partial charge in [-0.1, -0.05) is 19.3 Å². The van der Waals surface area contributed by atoms with Crippen LogP contribution in [0.5, 0.6) is 0 Å². The van der Waals surface area contributed by atoms with E-state index in [9.17, 15) is 9.18 Å². The third-order valence-corrected chi connectivity index (χ3v) is 4.85. The molecule has 4 rings (SSSR count). The average Bonchev–Trinajstić information content (AvgIpc) is 3.52. The van der Waals surface area contributed by atoms with Crippen molar-refractivity contribution >= 4 is 34.4 Å². The van der Waals surface area contributed by atoms with Crippen molar-refractivity contribution in [2.24, 2.45) is 0 Å². The molecular weight excluding hydrogens is 363 g/mol. The van der Waals surface area contributed by atoms with Crippen molar-refractivity contribution < 1.29 is 13.6 Å². The standard InChI is InChI=1S/C18H17FN2O2S.C3H6/c1-11-15-9-12(19)3-8-16(15)23-17(11)10-20-18(22)21-13-4-6-14(24-2)7-5-13;1-2-3-1/h3-9H,10H2,1-2H3,(H2,20,21,22);1-3H2. The van der Waals surface area contributed by atoms with Crippen LogP contribution < -0.4 is 10.6 Å². The summed E-state index contributed by atoms with van der Waals surface area (Å²) in [5.41, 5.74) is 2.15. The lowest BCUT2D eigenvalue weighted by Gasteiger charge is -2.07. The van der Waals surface area contributed by atoms with Gasteiger partial charge in [-0.15, -0.1) is 11.8 Å². The van der Waals surface area contributed by atoms with Crippen molar-refractivity contribution in [2.45, 2.75) is 37.6 Å². The van der Waals surface area contributed by atoms with Gasteiger partial charge in [0.15, 0.2) is 0 Å². The number of thioether (sulfide) groups is 1. The molecule has 0 atom stereocenters. The van der Waals surface area contributed by atoms with Gasteiger partial charge in [-0.25, -0.2) is 9.18 Å². The summed E-state index contributed by atoms with van der Waals surface area (Å²) in [7, 11) is 0. The Hall–Kier alpha value is -2.47. The number of fused-ring (bicyclic) bond motifs is 1. The van der Waals surface area contributed by atoms with Gasteiger partial charge in [0, 0.05) is 21.5 Å². The monoisotopic (exact) mass is 386 g/mol. The molecule has 0 saturated heterocycles. The highest BCUT2D eigenvalue weighted by Gasteiger charge is 2.12. The number of nitrogens with one attached hydrogen (secondary N) is 2. The number of rotatable bonds is 4. The highest BCUT2D eigenvalue weighted by atomic mass is 32.2. The zero-order valence-electron chi connectivity index (χ0n) is 15.5. The molecule has 142 valence electrons. The summed E-state index contributed by atoms with van der Waals surface area (Å²) < 4.78 is 19.0. The van der Waals surface area contributed by atoms with Gasteiger partial charge < -0.3 is 15.1 Å². The van der Waals surface area contributed by atoms with Gasteiger partial charge in [-0.3, -0.25) is 0 Å². The van der Waals surface area contributed by atoms with Crippen molar-refractivity contribution in [3.05, 3.63) is 59.6 Å². The first-order chi connectivity index (χ1) is 13.1. The molecule has 4 nitrogen and oxygen atoms in total. The highest BCUT2D eigenvalue weighted by molar-refractivity contribution is 7.98. The number of urea groups is 1. The Bertz CT molecular complexity index is 917. The fourth-order valence-electron chi connectivity index (χ4n) is 2.42. The Kier molecular flexibility index (Phi) is 6.40. The second kappa shape index (κ2) is 8.95. The van der Waals surface area contributed by atoms with Crippen LogP contribution in [0.25, 0.3) is 11.0 Å². The maximum Gasteiger partial charge on any atom is 0.319 e. The molecule has 27 heavy (non-hydrogen) atoms. The minimum atomic E-state index is -0.321. The van der Waals surface area contributed by atoms with Crippen molar-refractivity contribution in [3.63, 3.8) is 0 Å². The summed E-state index contributed by atoms with van der Waals surface area (Å²) in [6.45, 7) is 2.08. The van der Waals surface area contributed by atoms with Crippen molar-refractivity contribution in [3.8, 4) is 0 Å². The summed E-state index contributed by atoms with van der Waals surface area (Å²) in [6, 6.07) is 11.6. The van der Waals surface area contributed by atoms with Crippen LogP contribution in [0.3, 0.4) is 0 Å². The van der Waals surface area contributed by atoms with E-state index >= 15 is 0 Å². The lowest BCUT2D eigenvalue weighted by atomic mass is 10.1. The van der Waals surface area contributed by atoms with Gasteiger partial charge in [0.2, 0.25) is 0 Å². The van der Waals surface area contributed by atoms with Crippen LogP contribution in [0.2, 0.25) is 0 Å². The molecule has 1 aliphatic rings. The Morgan fingerprint density at radius 1 is 1.15 bits per heavy atom. The minimum absolute atomic E-state index is 0.233. The van der Waals surface area contributed by atoms with E-state index in [1.165, 1.54) is 31.4 Å². The normalized spacial score (nSPS) is 12.3. The van der Waals surface area contributed by atoms with Crippen molar-refractivity contribution in [1.82, 2.24) is 5.32 Å². The topological polar surface area (TPSA) is 54.3 Å². The van der Waals surface area contributed by atoms with Gasteiger partial charge in [0.05, 0.1) is 6.54 Å². The average molecular weight is 386 g/mol. The first-order valence-electron chi connectivity index (χ1n) is 8.93. The van der Waals surface area contributed by atoms with Crippen molar-refractivity contribution in [2.75, 3.05) is 11.6 Å². The molecule has 0 radical (unpaired) electrons. The molecule has 1 aliphatic carbocycles. The van der Waals surface area contributed by atoms with E-state index < -0.39 is 0 Å². The summed E-state index contributed by atoms with van der Waals surface area (Å²) in [5, 5.41) is 6.24. The van der Waals surface area contributed by atoms with E-state index in [-0.39, 0.29) is 18.4 Å². The third kappa shape index (κ3) is 5.50. The summed E-state index contributed by atoms with van der Waals surface area (Å²) in [6.07, 6.45) is 6.50. The van der Waals surface area contributed by atoms with Crippen LogP contribution >= 0.6 is 11.8 Å². The lowest BCUT2D eigenvalue weighted by Crippen LogP contribution is -2.28. The van der Waals surface area contributed by atoms with E-state index in [2.05, 4.69) is 10.6 Å². The predicted octanol–water partition coefficient (Wildman–Crippen LogP) is 6.09. The molecule has 0 aliphatic heterocycles.